The first kappa shape index (κ1) is 24.5. The number of halogens is 1. The van der Waals surface area contributed by atoms with Crippen molar-refractivity contribution < 1.29 is 31.6 Å². The molecule has 2 rings (SSSR count). The zero-order valence-corrected chi connectivity index (χ0v) is 18.2. The maximum atomic E-state index is 13.0. The van der Waals surface area contributed by atoms with Gasteiger partial charge in [-0.05, 0) is 11.8 Å². The average molecular weight is 416 g/mol. The third kappa shape index (κ3) is 7.12. The number of likely N-dealkylation sites (tertiary alicyclic amines) is 1. The van der Waals surface area contributed by atoms with E-state index < -0.39 is 11.6 Å². The van der Waals surface area contributed by atoms with Gasteiger partial charge in [0.25, 0.3) is 0 Å². The quantitative estimate of drug-likeness (QED) is 0.444. The number of hydrogen-bond acceptors (Lipinski definition) is 4. The van der Waals surface area contributed by atoms with Crippen molar-refractivity contribution in [3.8, 4) is 6.07 Å². The van der Waals surface area contributed by atoms with Gasteiger partial charge >= 0.3 is 6.03 Å². The van der Waals surface area contributed by atoms with Crippen LogP contribution in [0.25, 0.3) is 0 Å². The van der Waals surface area contributed by atoms with Gasteiger partial charge in [0.15, 0.2) is 0 Å². The molecule has 0 spiro atoms. The number of nitrogens with zero attached hydrogens (tertiary/aromatic N) is 2. The van der Waals surface area contributed by atoms with Crippen LogP contribution in [-0.4, -0.2) is 74.9 Å². The van der Waals surface area contributed by atoms with E-state index in [9.17, 15) is 14.9 Å². The van der Waals surface area contributed by atoms with Gasteiger partial charge in [0.2, 0.25) is 5.91 Å². The monoisotopic (exact) mass is 415 g/mol. The third-order valence-corrected chi connectivity index (χ3v) is 5.26. The van der Waals surface area contributed by atoms with Crippen LogP contribution in [-0.2, 0) is 9.53 Å². The summed E-state index contributed by atoms with van der Waals surface area (Å²) in [6.45, 7) is 9.86. The molecule has 9 heteroatoms. The van der Waals surface area contributed by atoms with Crippen LogP contribution in [0.5, 0.6) is 0 Å². The standard InChI is InChI=1S/C19H33N5O3.ClH/c1-18(2,3)13-15(21-17(26)24-9-11-27-12-10-24)16(25)22-19(14-20)5-7-23(4)8-6-19;/h15H,5-13H2,1-4H3,(H,21,26)(H,22,25);1H/t15-;/m0./s1. The lowest BCUT2D eigenvalue weighted by molar-refractivity contribution is -0.885. The normalized spacial score (nSPS) is 26.4. The summed E-state index contributed by atoms with van der Waals surface area (Å²) in [7, 11) is 2.09. The first-order chi connectivity index (χ1) is 12.6. The number of ether oxygens (including phenoxy) is 1. The predicted molar refractivity (Wildman–Crippen MR) is 101 cm³/mol. The molecule has 0 aromatic heterocycles. The molecule has 8 nitrogen and oxygen atoms in total. The van der Waals surface area contributed by atoms with E-state index in [1.807, 2.05) is 20.8 Å². The van der Waals surface area contributed by atoms with E-state index in [2.05, 4.69) is 23.8 Å². The fraction of sp³-hybridized carbons (Fsp3) is 0.842. The SMILES string of the molecule is C[NH+]1CCC(C#N)(NC(=O)[C@H](CC(C)(C)C)NC(=O)N2CCOCC2)CC1.[Cl-]. The van der Waals surface area contributed by atoms with Crippen molar-refractivity contribution in [2.75, 3.05) is 46.4 Å². The van der Waals surface area contributed by atoms with Gasteiger partial charge in [-0.15, -0.1) is 0 Å². The van der Waals surface area contributed by atoms with Crippen LogP contribution in [0.1, 0.15) is 40.0 Å². The molecule has 2 fully saturated rings. The summed E-state index contributed by atoms with van der Waals surface area (Å²) in [5.74, 6) is -0.271. The third-order valence-electron chi connectivity index (χ3n) is 5.26. The van der Waals surface area contributed by atoms with Crippen molar-refractivity contribution in [3.05, 3.63) is 0 Å². The summed E-state index contributed by atoms with van der Waals surface area (Å²) in [6.07, 6.45) is 1.75. The Balaban J connectivity index is 0.00000392. The van der Waals surface area contributed by atoms with E-state index >= 15 is 0 Å². The number of urea groups is 1. The van der Waals surface area contributed by atoms with Gasteiger partial charge in [0, 0.05) is 25.9 Å². The molecule has 1 atom stereocenters. The van der Waals surface area contributed by atoms with Crippen LogP contribution in [0.15, 0.2) is 0 Å². The van der Waals surface area contributed by atoms with Crippen LogP contribution in [0.4, 0.5) is 4.79 Å². The van der Waals surface area contributed by atoms with Crippen molar-refractivity contribution in [1.82, 2.24) is 15.5 Å². The van der Waals surface area contributed by atoms with Gasteiger partial charge in [0.1, 0.15) is 11.6 Å². The minimum Gasteiger partial charge on any atom is -1.00 e. The molecule has 0 aromatic rings. The smallest absolute Gasteiger partial charge is 0.318 e. The lowest BCUT2D eigenvalue weighted by Crippen LogP contribution is -3.11. The molecule has 2 aliphatic heterocycles. The maximum Gasteiger partial charge on any atom is 0.318 e. The highest BCUT2D eigenvalue weighted by atomic mass is 35.5. The van der Waals surface area contributed by atoms with Crippen LogP contribution in [0.3, 0.4) is 0 Å². The van der Waals surface area contributed by atoms with Crippen LogP contribution in [0.2, 0.25) is 0 Å². The molecule has 0 aromatic carbocycles. The Morgan fingerprint density at radius 1 is 1.25 bits per heavy atom. The van der Waals surface area contributed by atoms with Crippen molar-refractivity contribution in [1.29, 1.82) is 5.26 Å². The molecule has 2 aliphatic rings. The highest BCUT2D eigenvalue weighted by Gasteiger charge is 2.40. The van der Waals surface area contributed by atoms with Gasteiger partial charge in [-0.25, -0.2) is 4.79 Å². The number of hydrogen-bond donors (Lipinski definition) is 3. The minimum absolute atomic E-state index is 0. The Labute approximate surface area is 174 Å². The molecule has 28 heavy (non-hydrogen) atoms. The fourth-order valence-electron chi connectivity index (χ4n) is 3.52. The Bertz CT molecular complexity index is 573. The number of morpholine rings is 1. The van der Waals surface area contributed by atoms with Gasteiger partial charge in [-0.3, -0.25) is 4.79 Å². The molecule has 160 valence electrons. The van der Waals surface area contributed by atoms with E-state index in [1.54, 1.807) is 4.90 Å². The molecule has 0 bridgehead atoms. The topological polar surface area (TPSA) is 98.9 Å². The average Bonchev–Trinajstić information content (AvgIpc) is 2.63. The molecule has 0 aliphatic carbocycles. The Morgan fingerprint density at radius 3 is 2.32 bits per heavy atom. The zero-order chi connectivity index (χ0) is 20.1. The number of nitriles is 1. The van der Waals surface area contributed by atoms with Crippen LogP contribution < -0.4 is 27.9 Å². The Morgan fingerprint density at radius 2 is 1.82 bits per heavy atom. The summed E-state index contributed by atoms with van der Waals surface area (Å²) >= 11 is 0. The van der Waals surface area contributed by atoms with E-state index in [-0.39, 0.29) is 29.8 Å². The first-order valence-electron chi connectivity index (χ1n) is 9.82. The lowest BCUT2D eigenvalue weighted by atomic mass is 9.85. The van der Waals surface area contributed by atoms with Crippen LogP contribution >= 0.6 is 0 Å². The molecule has 0 unspecified atom stereocenters. The lowest BCUT2D eigenvalue weighted by Gasteiger charge is -2.36. The number of carbonyl (C=O) groups is 2. The molecular formula is C19H34ClN5O3. The maximum absolute atomic E-state index is 13.0. The summed E-state index contributed by atoms with van der Waals surface area (Å²) in [6, 6.07) is 1.40. The minimum atomic E-state index is -0.837. The molecule has 3 N–H and O–H groups in total. The van der Waals surface area contributed by atoms with Crippen molar-refractivity contribution >= 4 is 11.9 Å². The predicted octanol–water partition coefficient (Wildman–Crippen LogP) is -3.48. The van der Waals surface area contributed by atoms with Crippen molar-refractivity contribution in [2.24, 2.45) is 5.41 Å². The number of piperidine rings is 1. The first-order valence-corrected chi connectivity index (χ1v) is 9.82. The van der Waals surface area contributed by atoms with Gasteiger partial charge in [-0.1, -0.05) is 20.8 Å². The number of rotatable bonds is 4. The fourth-order valence-corrected chi connectivity index (χ4v) is 3.52. The summed E-state index contributed by atoms with van der Waals surface area (Å²) in [5.41, 5.74) is -0.979. The van der Waals surface area contributed by atoms with Gasteiger partial charge in [-0.2, -0.15) is 5.26 Å². The van der Waals surface area contributed by atoms with Crippen molar-refractivity contribution in [3.63, 3.8) is 0 Å². The largest absolute Gasteiger partial charge is 1.00 e. The summed E-state index contributed by atoms with van der Waals surface area (Å²) < 4.78 is 5.28. The van der Waals surface area contributed by atoms with E-state index in [4.69, 9.17) is 4.74 Å². The molecule has 2 saturated heterocycles. The second-order valence-electron chi connectivity index (χ2n) is 9.01. The molecule has 2 heterocycles. The van der Waals surface area contributed by atoms with E-state index in [0.29, 0.717) is 45.6 Å². The number of carbonyl (C=O) groups excluding carboxylic acids is 2. The molecule has 0 saturated carbocycles. The van der Waals surface area contributed by atoms with Gasteiger partial charge in [0.05, 0.1) is 39.4 Å². The second-order valence-corrected chi connectivity index (χ2v) is 9.01. The van der Waals surface area contributed by atoms with Gasteiger partial charge < -0.3 is 37.6 Å². The number of nitrogens with one attached hydrogen (secondary N) is 3. The van der Waals surface area contributed by atoms with E-state index in [1.165, 1.54) is 4.90 Å². The number of quaternary nitrogens is 1. The highest BCUT2D eigenvalue weighted by Crippen LogP contribution is 2.23. The summed E-state index contributed by atoms with van der Waals surface area (Å²) in [4.78, 5) is 28.7. The number of amides is 3. The van der Waals surface area contributed by atoms with Crippen LogP contribution in [0, 0.1) is 16.7 Å². The highest BCUT2D eigenvalue weighted by molar-refractivity contribution is 5.87. The second kappa shape index (κ2) is 10.3. The van der Waals surface area contributed by atoms with Crippen molar-refractivity contribution in [2.45, 2.75) is 51.6 Å². The molecular weight excluding hydrogens is 382 g/mol. The molecule has 3 amide bonds. The Hall–Kier alpha value is -1.56. The van der Waals surface area contributed by atoms with E-state index in [0.717, 1.165) is 13.1 Å². The molecule has 0 radical (unpaired) electrons. The summed E-state index contributed by atoms with van der Waals surface area (Å²) in [5, 5.41) is 15.5. The zero-order valence-electron chi connectivity index (χ0n) is 17.4. The Kier molecular flexibility index (Phi) is 8.99.